The predicted octanol–water partition coefficient (Wildman–Crippen LogP) is 5.67. The van der Waals surface area contributed by atoms with Crippen LogP contribution in [-0.4, -0.2) is 13.2 Å². The van der Waals surface area contributed by atoms with Crippen LogP contribution in [0.2, 0.25) is 5.02 Å². The molecule has 0 N–H and O–H groups in total. The van der Waals surface area contributed by atoms with Gasteiger partial charge >= 0.3 is 6.18 Å². The van der Waals surface area contributed by atoms with Crippen molar-refractivity contribution in [2.45, 2.75) is 19.2 Å². The fraction of sp³-hybridized carbons (Fsp3) is 0.200. The molecule has 2 aromatic rings. The van der Waals surface area contributed by atoms with Crippen LogP contribution in [0.25, 0.3) is 0 Å². The molecule has 1 atom stereocenters. The molecule has 0 amide bonds. The second-order valence-corrected chi connectivity index (χ2v) is 6.58. The SMILES string of the molecule is CC1Oc2cc(Oc3ccc(C(F)(F)F)cc3Cl)ccc2N(C)C1=C(C#N)C#N. The number of allylic oxidation sites excluding steroid dienone is 1. The summed E-state index contributed by atoms with van der Waals surface area (Å²) in [4.78, 5) is 1.68. The second kappa shape index (κ2) is 7.57. The molecule has 0 saturated carbocycles. The van der Waals surface area contributed by atoms with E-state index in [2.05, 4.69) is 0 Å². The molecule has 1 aliphatic heterocycles. The third-order valence-electron chi connectivity index (χ3n) is 4.31. The Morgan fingerprint density at radius 2 is 1.86 bits per heavy atom. The van der Waals surface area contributed by atoms with E-state index in [-0.39, 0.29) is 16.3 Å². The van der Waals surface area contributed by atoms with E-state index in [9.17, 15) is 13.2 Å². The van der Waals surface area contributed by atoms with E-state index in [1.807, 2.05) is 12.1 Å². The zero-order chi connectivity index (χ0) is 21.3. The topological polar surface area (TPSA) is 69.3 Å². The molecule has 1 aliphatic rings. The Morgan fingerprint density at radius 3 is 2.45 bits per heavy atom. The van der Waals surface area contributed by atoms with Crippen LogP contribution in [0, 0.1) is 22.7 Å². The normalized spacial score (nSPS) is 15.7. The summed E-state index contributed by atoms with van der Waals surface area (Å²) in [6, 6.07) is 11.3. The van der Waals surface area contributed by atoms with Crippen LogP contribution in [0.4, 0.5) is 18.9 Å². The number of alkyl halides is 3. The molecule has 0 spiro atoms. The Morgan fingerprint density at radius 1 is 1.17 bits per heavy atom. The first kappa shape index (κ1) is 20.4. The van der Waals surface area contributed by atoms with Crippen LogP contribution in [0.5, 0.6) is 17.2 Å². The number of nitrogens with zero attached hydrogens (tertiary/aromatic N) is 3. The maximum Gasteiger partial charge on any atom is 0.416 e. The number of halogens is 4. The molecule has 0 radical (unpaired) electrons. The number of fused-ring (bicyclic) bond motifs is 1. The summed E-state index contributed by atoms with van der Waals surface area (Å²) in [6.45, 7) is 1.70. The largest absolute Gasteiger partial charge is 0.482 e. The smallest absolute Gasteiger partial charge is 0.416 e. The first-order valence-electron chi connectivity index (χ1n) is 8.29. The van der Waals surface area contributed by atoms with Gasteiger partial charge in [-0.2, -0.15) is 23.7 Å². The highest BCUT2D eigenvalue weighted by atomic mass is 35.5. The van der Waals surface area contributed by atoms with Crippen LogP contribution in [0.15, 0.2) is 47.7 Å². The molecular weight excluding hydrogens is 407 g/mol. The quantitative estimate of drug-likeness (QED) is 0.586. The molecule has 0 aliphatic carbocycles. The Hall–Kier alpha value is -3.36. The minimum absolute atomic E-state index is 0.0532. The number of likely N-dealkylation sites (N-methyl/N-ethyl adjacent to an activating group) is 1. The molecule has 0 aromatic heterocycles. The number of ether oxygens (including phenoxy) is 2. The first-order chi connectivity index (χ1) is 13.7. The molecule has 3 rings (SSSR count). The maximum atomic E-state index is 12.8. The van der Waals surface area contributed by atoms with Crippen LogP contribution in [0.3, 0.4) is 0 Å². The van der Waals surface area contributed by atoms with Crippen molar-refractivity contribution < 1.29 is 22.6 Å². The second-order valence-electron chi connectivity index (χ2n) is 6.18. The first-order valence-corrected chi connectivity index (χ1v) is 8.67. The number of rotatable bonds is 2. The van der Waals surface area contributed by atoms with Gasteiger partial charge < -0.3 is 14.4 Å². The summed E-state index contributed by atoms with van der Waals surface area (Å²) in [7, 11) is 1.70. The highest BCUT2D eigenvalue weighted by Gasteiger charge is 2.31. The lowest BCUT2D eigenvalue weighted by atomic mass is 10.1. The summed E-state index contributed by atoms with van der Waals surface area (Å²) in [6.07, 6.45) is -5.06. The third-order valence-corrected chi connectivity index (χ3v) is 4.60. The summed E-state index contributed by atoms with van der Waals surface area (Å²) >= 11 is 5.93. The number of nitriles is 2. The Kier molecular flexibility index (Phi) is 5.32. The van der Waals surface area contributed by atoms with Gasteiger partial charge in [0.25, 0.3) is 0 Å². The van der Waals surface area contributed by atoms with Crippen molar-refractivity contribution >= 4 is 17.3 Å². The molecule has 5 nitrogen and oxygen atoms in total. The molecule has 148 valence electrons. The van der Waals surface area contributed by atoms with E-state index in [0.29, 0.717) is 22.9 Å². The average Bonchev–Trinajstić information content (AvgIpc) is 2.65. The lowest BCUT2D eigenvalue weighted by Gasteiger charge is -2.34. The summed E-state index contributed by atoms with van der Waals surface area (Å²) < 4.78 is 49.7. The molecule has 2 aromatic carbocycles. The number of benzene rings is 2. The third kappa shape index (κ3) is 3.94. The number of hydrogen-bond donors (Lipinski definition) is 0. The monoisotopic (exact) mass is 419 g/mol. The van der Waals surface area contributed by atoms with Gasteiger partial charge in [-0.15, -0.1) is 0 Å². The molecule has 0 bridgehead atoms. The Bertz CT molecular complexity index is 1070. The highest BCUT2D eigenvalue weighted by Crippen LogP contribution is 2.42. The van der Waals surface area contributed by atoms with Gasteiger partial charge in [0, 0.05) is 13.1 Å². The van der Waals surface area contributed by atoms with E-state index < -0.39 is 17.8 Å². The zero-order valence-corrected chi connectivity index (χ0v) is 16.0. The maximum absolute atomic E-state index is 12.8. The minimum Gasteiger partial charge on any atom is -0.482 e. The van der Waals surface area contributed by atoms with Crippen molar-refractivity contribution in [2.75, 3.05) is 11.9 Å². The van der Waals surface area contributed by atoms with Gasteiger partial charge in [0.2, 0.25) is 0 Å². The van der Waals surface area contributed by atoms with E-state index in [4.69, 9.17) is 31.6 Å². The summed E-state index contributed by atoms with van der Waals surface area (Å²) in [5.74, 6) is 0.799. The lowest BCUT2D eigenvalue weighted by Crippen LogP contribution is -2.34. The number of anilines is 1. The molecule has 9 heteroatoms. The summed E-state index contributed by atoms with van der Waals surface area (Å²) in [5.41, 5.74) is 0.112. The van der Waals surface area contributed by atoms with E-state index >= 15 is 0 Å². The lowest BCUT2D eigenvalue weighted by molar-refractivity contribution is -0.137. The average molecular weight is 420 g/mol. The van der Waals surface area contributed by atoms with Crippen LogP contribution in [0.1, 0.15) is 12.5 Å². The van der Waals surface area contributed by atoms with Crippen LogP contribution in [-0.2, 0) is 6.18 Å². The fourth-order valence-electron chi connectivity index (χ4n) is 2.98. The molecular formula is C20H13ClF3N3O2. The van der Waals surface area contributed by atoms with Crippen LogP contribution < -0.4 is 14.4 Å². The molecule has 0 fully saturated rings. The zero-order valence-electron chi connectivity index (χ0n) is 15.2. The van der Waals surface area contributed by atoms with Gasteiger partial charge in [0.1, 0.15) is 35.5 Å². The highest BCUT2D eigenvalue weighted by molar-refractivity contribution is 6.32. The van der Waals surface area contributed by atoms with E-state index in [0.717, 1.165) is 18.2 Å². The van der Waals surface area contributed by atoms with Crippen molar-refractivity contribution in [1.82, 2.24) is 0 Å². The van der Waals surface area contributed by atoms with Crippen molar-refractivity contribution in [3.8, 4) is 29.4 Å². The summed E-state index contributed by atoms with van der Waals surface area (Å²) in [5, 5.41) is 18.1. The fourth-order valence-corrected chi connectivity index (χ4v) is 3.19. The van der Waals surface area contributed by atoms with Crippen molar-refractivity contribution in [3.05, 3.63) is 58.3 Å². The minimum atomic E-state index is -4.50. The molecule has 1 unspecified atom stereocenters. The van der Waals surface area contributed by atoms with Gasteiger partial charge in [-0.1, -0.05) is 11.6 Å². The van der Waals surface area contributed by atoms with E-state index in [1.54, 1.807) is 37.1 Å². The van der Waals surface area contributed by atoms with Crippen molar-refractivity contribution in [3.63, 3.8) is 0 Å². The van der Waals surface area contributed by atoms with Gasteiger partial charge in [-0.25, -0.2) is 0 Å². The van der Waals surface area contributed by atoms with Crippen molar-refractivity contribution in [1.29, 1.82) is 10.5 Å². The number of hydrogen-bond acceptors (Lipinski definition) is 5. The molecule has 29 heavy (non-hydrogen) atoms. The van der Waals surface area contributed by atoms with Gasteiger partial charge in [-0.3, -0.25) is 0 Å². The predicted molar refractivity (Wildman–Crippen MR) is 99.7 cm³/mol. The van der Waals surface area contributed by atoms with Gasteiger partial charge in [-0.05, 0) is 37.3 Å². The standard InChI is InChI=1S/C20H13ClF3N3O2/c1-11-19(12(9-25)10-26)27(2)16-5-4-14(8-18(16)28-11)29-17-6-3-13(7-15(17)21)20(22,23)24/h3-8,11H,1-2H3. The Balaban J connectivity index is 1.92. The Labute approximate surface area is 169 Å². The van der Waals surface area contributed by atoms with Crippen molar-refractivity contribution in [2.24, 2.45) is 0 Å². The van der Waals surface area contributed by atoms with Gasteiger partial charge in [0.15, 0.2) is 5.57 Å². The van der Waals surface area contributed by atoms with Crippen LogP contribution >= 0.6 is 11.6 Å². The molecule has 0 saturated heterocycles. The van der Waals surface area contributed by atoms with Gasteiger partial charge in [0.05, 0.1) is 22.0 Å². The molecule has 1 heterocycles. The van der Waals surface area contributed by atoms with E-state index in [1.165, 1.54) is 0 Å².